The van der Waals surface area contributed by atoms with Crippen LogP contribution in [-0.4, -0.2) is 77.5 Å². The minimum absolute atomic E-state index is 0.558. The molecule has 7 N–H and O–H groups in total. The van der Waals surface area contributed by atoms with Gasteiger partial charge in [0.2, 0.25) is 0 Å². The van der Waals surface area contributed by atoms with Crippen molar-refractivity contribution >= 4 is 41.8 Å². The summed E-state index contributed by atoms with van der Waals surface area (Å²) in [4.78, 5) is 65.4. The molecule has 0 spiro atoms. The molecule has 184 valence electrons. The normalized spacial score (nSPS) is 7.15. The van der Waals surface area contributed by atoms with E-state index in [1.807, 2.05) is 0 Å². The Morgan fingerprint density at radius 3 is 0.455 bits per heavy atom. The van der Waals surface area contributed by atoms with Crippen molar-refractivity contribution in [1.29, 1.82) is 0 Å². The summed E-state index contributed by atoms with van der Waals surface area (Å²) in [6, 6.07) is 0. The molecule has 0 radical (unpaired) electrons. The van der Waals surface area contributed by atoms with Crippen LogP contribution in [0.1, 0.15) is 0 Å². The van der Waals surface area contributed by atoms with Gasteiger partial charge in [0.1, 0.15) is 0 Å². The van der Waals surface area contributed by atoms with Crippen molar-refractivity contribution in [2.75, 3.05) is 0 Å². The van der Waals surface area contributed by atoms with Crippen molar-refractivity contribution < 1.29 is 69.3 Å². The molecule has 0 atom stereocenters. The molecule has 0 fully saturated rings. The van der Waals surface area contributed by atoms with Crippen molar-refractivity contribution in [2.24, 2.45) is 0 Å². The zero-order chi connectivity index (χ0) is 28.0. The van der Waals surface area contributed by atoms with Gasteiger partial charge in [0.05, 0.1) is 0 Å². The number of rotatable bonds is 7. The van der Waals surface area contributed by atoms with E-state index in [1.165, 1.54) is 0 Å². The maximum atomic E-state index is 9.55. The van der Waals surface area contributed by atoms with Crippen LogP contribution >= 0.6 is 0 Å². The van der Waals surface area contributed by atoms with Gasteiger partial charge in [-0.25, -0.2) is 33.6 Å². The molecule has 0 aromatic rings. The molecule has 0 saturated heterocycles. The van der Waals surface area contributed by atoms with Gasteiger partial charge in [0.25, 0.3) is 0 Å². The highest BCUT2D eigenvalue weighted by Crippen LogP contribution is 1.70. The van der Waals surface area contributed by atoms with Gasteiger partial charge in [-0.3, -0.25) is 0 Å². The monoisotopic (exact) mass is 476 g/mol. The van der Waals surface area contributed by atoms with Gasteiger partial charge < -0.3 is 35.7 Å². The summed E-state index contributed by atoms with van der Waals surface area (Å²) in [5.41, 5.74) is 0. The molecular weight excluding hydrogens is 452 g/mol. The molecule has 0 aliphatic carbocycles. The van der Waals surface area contributed by atoms with Crippen LogP contribution in [0.4, 0.5) is 0 Å². The molecule has 0 heterocycles. The van der Waals surface area contributed by atoms with Crippen LogP contribution in [0.25, 0.3) is 0 Å². The van der Waals surface area contributed by atoms with Crippen LogP contribution in [-0.2, 0) is 33.6 Å². The van der Waals surface area contributed by atoms with E-state index in [2.05, 4.69) is 32.9 Å². The van der Waals surface area contributed by atoms with Crippen molar-refractivity contribution in [3.8, 4) is 0 Å². The van der Waals surface area contributed by atoms with E-state index in [1.54, 1.807) is 0 Å². The van der Waals surface area contributed by atoms with E-state index < -0.39 is 41.8 Å². The smallest absolute Gasteiger partial charge is 0.328 e. The Morgan fingerprint density at radius 2 is 0.424 bits per heavy atom. The van der Waals surface area contributed by atoms with E-state index in [0.717, 1.165) is 30.4 Å². The van der Waals surface area contributed by atoms with Gasteiger partial charge in [-0.1, -0.05) is 32.9 Å². The number of hydrogen-bond donors (Lipinski definition) is 7. The number of carboxylic acid groups (broad SMARTS) is 7. The summed E-state index contributed by atoms with van der Waals surface area (Å²) >= 11 is 0. The van der Waals surface area contributed by atoms with Crippen molar-refractivity contribution in [1.82, 2.24) is 0 Å². The molecule has 0 rings (SSSR count). The fraction of sp³-hybridized carbons (Fsp3) is 0. The first-order valence-corrected chi connectivity index (χ1v) is 7.39. The van der Waals surface area contributed by atoms with E-state index >= 15 is 0 Å². The van der Waals surface area contributed by atoms with Gasteiger partial charge in [0, 0.05) is 42.5 Å². The van der Waals surface area contributed by atoms with Crippen LogP contribution in [0.2, 0.25) is 0 Å². The van der Waals surface area contributed by atoms with Gasteiger partial charge in [-0.15, -0.1) is 0 Å². The summed E-state index contributed by atoms with van der Waals surface area (Å²) in [6.45, 7) is 14.8. The lowest BCUT2D eigenvalue weighted by Gasteiger charge is -1.74. The molecule has 14 nitrogen and oxygen atoms in total. The van der Waals surface area contributed by atoms with Gasteiger partial charge >= 0.3 is 41.8 Å². The Balaban J connectivity index is -0.0000000671. The first kappa shape index (κ1) is 42.0. The largest absolute Gasteiger partial charge is 0.478 e. The van der Waals surface area contributed by atoms with Crippen molar-refractivity contribution in [3.63, 3.8) is 0 Å². The molecule has 14 heteroatoms. The molecule has 0 unspecified atom stereocenters. The number of hydrogen-bond acceptors (Lipinski definition) is 7. The molecule has 0 aromatic carbocycles. The van der Waals surface area contributed by atoms with E-state index in [4.69, 9.17) is 35.7 Å². The predicted octanol–water partition coefficient (Wildman–Crippen LogP) is 0.997. The lowest BCUT2D eigenvalue weighted by atomic mass is 10.5. The second-order valence-corrected chi connectivity index (χ2v) is 3.72. The summed E-state index contributed by atoms with van der Waals surface area (Å²) in [6.07, 6.45) is 5.28. The fourth-order valence-corrected chi connectivity index (χ4v) is 0.143. The Kier molecular flexibility index (Phi) is 43.6. The topological polar surface area (TPSA) is 261 Å². The first-order valence-electron chi connectivity index (χ1n) is 7.39. The number of aliphatic carboxylic acids is 7. The number of carbonyl (C=O) groups is 7. The highest BCUT2D eigenvalue weighted by molar-refractivity contribution is 5.89. The average molecular weight is 476 g/mol. The minimum atomic E-state index is -1.26. The molecule has 0 aliphatic heterocycles. The highest BCUT2D eigenvalue weighted by Gasteiger charge is 1.88. The molecule has 0 amide bonds. The molecule has 0 bridgehead atoms. The Labute approximate surface area is 187 Å². The summed E-state index contributed by atoms with van der Waals surface area (Å²) in [7, 11) is 0. The Hall–Kier alpha value is -5.27. The second kappa shape index (κ2) is 34.3. The SMILES string of the molecule is C=CC(=O)O.C=CC(=O)O.C=CC(=O)O.C=CC(=O)O.C=CC(=O)O.O=C(O)/C=C\C(=O)O. The third-order valence-electron chi connectivity index (χ3n) is 1.24. The Morgan fingerprint density at radius 1 is 0.333 bits per heavy atom. The van der Waals surface area contributed by atoms with Gasteiger partial charge in [0.15, 0.2) is 0 Å². The van der Waals surface area contributed by atoms with Gasteiger partial charge in [-0.05, 0) is 0 Å². The molecule has 0 aromatic heterocycles. The molecular formula is C19H24O14. The lowest BCUT2D eigenvalue weighted by Crippen LogP contribution is -1.91. The third kappa shape index (κ3) is 173. The Bertz CT molecular complexity index is 608. The average Bonchev–Trinajstić information content (AvgIpc) is 2.74. The van der Waals surface area contributed by atoms with Crippen LogP contribution in [0.15, 0.2) is 75.4 Å². The maximum absolute atomic E-state index is 9.55. The van der Waals surface area contributed by atoms with E-state index in [0.29, 0.717) is 12.2 Å². The minimum Gasteiger partial charge on any atom is -0.478 e. The summed E-state index contributed by atoms with van der Waals surface area (Å²) in [5.74, 6) is -7.42. The standard InChI is InChI=1S/C4H4O4.5C3H4O2/c5-3(6)1-2-4(7)8;5*1-2-3(4)5/h1-2H,(H,5,6)(H,7,8);5*2H,1H2,(H,4,5)/b2-1-;;;;;. The number of carboxylic acids is 7. The highest BCUT2D eigenvalue weighted by atomic mass is 16.4. The molecule has 0 saturated carbocycles. The van der Waals surface area contributed by atoms with Crippen LogP contribution < -0.4 is 0 Å². The molecule has 33 heavy (non-hydrogen) atoms. The second-order valence-electron chi connectivity index (χ2n) is 3.72. The predicted molar refractivity (Wildman–Crippen MR) is 114 cm³/mol. The maximum Gasteiger partial charge on any atom is 0.328 e. The van der Waals surface area contributed by atoms with Crippen LogP contribution in [0.3, 0.4) is 0 Å². The van der Waals surface area contributed by atoms with Crippen molar-refractivity contribution in [2.45, 2.75) is 0 Å². The fourth-order valence-electron chi connectivity index (χ4n) is 0.143. The quantitative estimate of drug-likeness (QED) is 0.253. The van der Waals surface area contributed by atoms with Crippen molar-refractivity contribution in [3.05, 3.63) is 75.4 Å². The zero-order valence-electron chi connectivity index (χ0n) is 17.1. The van der Waals surface area contributed by atoms with E-state index in [-0.39, 0.29) is 0 Å². The van der Waals surface area contributed by atoms with Crippen LogP contribution in [0, 0.1) is 0 Å². The zero-order valence-corrected chi connectivity index (χ0v) is 17.1. The van der Waals surface area contributed by atoms with Crippen LogP contribution in [0.5, 0.6) is 0 Å². The van der Waals surface area contributed by atoms with Gasteiger partial charge in [-0.2, -0.15) is 0 Å². The molecule has 0 aliphatic rings. The summed E-state index contributed by atoms with van der Waals surface area (Å²) in [5, 5.41) is 53.6. The third-order valence-corrected chi connectivity index (χ3v) is 1.24. The van der Waals surface area contributed by atoms with E-state index in [9.17, 15) is 33.6 Å². The first-order chi connectivity index (χ1) is 15.0. The summed E-state index contributed by atoms with van der Waals surface area (Å²) < 4.78 is 0. The lowest BCUT2D eigenvalue weighted by molar-refractivity contribution is -0.134.